The molecule has 0 saturated heterocycles. The van der Waals surface area contributed by atoms with E-state index >= 15 is 0 Å². The predicted molar refractivity (Wildman–Crippen MR) is 67.5 cm³/mol. The van der Waals surface area contributed by atoms with Gasteiger partial charge in [-0.05, 0) is 37.0 Å². The lowest BCUT2D eigenvalue weighted by Crippen LogP contribution is -2.15. The van der Waals surface area contributed by atoms with Crippen LogP contribution in [0.2, 0.25) is 0 Å². The first kappa shape index (κ1) is 11.3. The van der Waals surface area contributed by atoms with Crippen molar-refractivity contribution in [2.24, 2.45) is 0 Å². The number of nitrogens with one attached hydrogen (secondary N) is 1. The second kappa shape index (κ2) is 5.21. The van der Waals surface area contributed by atoms with Gasteiger partial charge in [0.1, 0.15) is 0 Å². The van der Waals surface area contributed by atoms with Gasteiger partial charge in [-0.3, -0.25) is 0 Å². The molecule has 1 aliphatic rings. The van der Waals surface area contributed by atoms with Crippen LogP contribution in [0.5, 0.6) is 0 Å². The second-order valence-electron chi connectivity index (χ2n) is 4.52. The predicted octanol–water partition coefficient (Wildman–Crippen LogP) is 2.16. The minimum Gasteiger partial charge on any atom is -0.397 e. The van der Waals surface area contributed by atoms with Gasteiger partial charge < -0.3 is 16.2 Å². The first-order valence-corrected chi connectivity index (χ1v) is 6.05. The summed E-state index contributed by atoms with van der Waals surface area (Å²) in [6.07, 6.45) is 5.81. The highest BCUT2D eigenvalue weighted by molar-refractivity contribution is 5.67. The summed E-state index contributed by atoms with van der Waals surface area (Å²) in [5, 5.41) is 12.3. The second-order valence-corrected chi connectivity index (χ2v) is 4.52. The Morgan fingerprint density at radius 2 is 2.06 bits per heavy atom. The molecule has 3 nitrogen and oxygen atoms in total. The summed E-state index contributed by atoms with van der Waals surface area (Å²) < 4.78 is 0. The summed E-state index contributed by atoms with van der Waals surface area (Å²) in [5.41, 5.74) is 8.91. The molecule has 3 heteroatoms. The normalized spacial score (nSPS) is 16.6. The first-order valence-electron chi connectivity index (χ1n) is 6.05. The van der Waals surface area contributed by atoms with Crippen LogP contribution in [0, 0.1) is 0 Å². The quantitative estimate of drug-likeness (QED) is 0.681. The van der Waals surface area contributed by atoms with Gasteiger partial charge in [0.15, 0.2) is 0 Å². The molecular formula is C13H20N2O. The molecule has 1 fully saturated rings. The largest absolute Gasteiger partial charge is 0.397 e. The first-order chi connectivity index (χ1) is 7.79. The summed E-state index contributed by atoms with van der Waals surface area (Å²) in [7, 11) is 0. The van der Waals surface area contributed by atoms with Gasteiger partial charge in [0.2, 0.25) is 0 Å². The van der Waals surface area contributed by atoms with Crippen LogP contribution in [-0.2, 0) is 6.42 Å². The van der Waals surface area contributed by atoms with E-state index in [1.54, 1.807) is 0 Å². The maximum Gasteiger partial charge on any atom is 0.0576 e. The summed E-state index contributed by atoms with van der Waals surface area (Å²) >= 11 is 0. The van der Waals surface area contributed by atoms with Crippen LogP contribution in [0.4, 0.5) is 11.4 Å². The summed E-state index contributed by atoms with van der Waals surface area (Å²) in [5.74, 6) is 0. The number of aliphatic hydroxyl groups excluding tert-OH is 1. The third-order valence-electron chi connectivity index (χ3n) is 3.23. The van der Waals surface area contributed by atoms with Gasteiger partial charge in [-0.25, -0.2) is 0 Å². The van der Waals surface area contributed by atoms with Crippen LogP contribution in [0.15, 0.2) is 18.2 Å². The number of benzene rings is 1. The van der Waals surface area contributed by atoms with E-state index < -0.39 is 0 Å². The Morgan fingerprint density at radius 1 is 1.31 bits per heavy atom. The zero-order valence-corrected chi connectivity index (χ0v) is 9.58. The van der Waals surface area contributed by atoms with Crippen molar-refractivity contribution in [3.63, 3.8) is 0 Å². The van der Waals surface area contributed by atoms with Gasteiger partial charge in [-0.15, -0.1) is 0 Å². The van der Waals surface area contributed by atoms with Crippen LogP contribution in [-0.4, -0.2) is 17.8 Å². The Morgan fingerprint density at radius 3 is 2.69 bits per heavy atom. The smallest absolute Gasteiger partial charge is 0.0576 e. The topological polar surface area (TPSA) is 58.3 Å². The Balaban J connectivity index is 2.03. The SMILES string of the molecule is Nc1cc(CCO)ccc1NC1CCCC1. The standard InChI is InChI=1S/C13H20N2O/c14-12-9-10(7-8-16)5-6-13(12)15-11-3-1-2-4-11/h5-6,9,11,15-16H,1-4,7-8,14H2. The van der Waals surface area contributed by atoms with E-state index in [0.29, 0.717) is 12.5 Å². The lowest BCUT2D eigenvalue weighted by atomic mass is 10.1. The van der Waals surface area contributed by atoms with E-state index in [-0.39, 0.29) is 6.61 Å². The molecule has 0 heterocycles. The summed E-state index contributed by atoms with van der Waals surface area (Å²) in [6.45, 7) is 0.175. The third-order valence-corrected chi connectivity index (χ3v) is 3.23. The Labute approximate surface area is 96.7 Å². The van der Waals surface area contributed by atoms with Gasteiger partial charge in [0, 0.05) is 12.6 Å². The maximum atomic E-state index is 8.85. The number of anilines is 2. The van der Waals surface area contributed by atoms with Gasteiger partial charge in [0.25, 0.3) is 0 Å². The molecule has 1 aliphatic carbocycles. The van der Waals surface area contributed by atoms with E-state index in [9.17, 15) is 0 Å². The van der Waals surface area contributed by atoms with Gasteiger partial charge in [0.05, 0.1) is 11.4 Å². The van der Waals surface area contributed by atoms with Crippen LogP contribution in [0.3, 0.4) is 0 Å². The molecule has 0 atom stereocenters. The Kier molecular flexibility index (Phi) is 3.67. The molecule has 0 radical (unpaired) electrons. The number of aliphatic hydroxyl groups is 1. The molecule has 1 aromatic rings. The summed E-state index contributed by atoms with van der Waals surface area (Å²) in [4.78, 5) is 0. The minimum atomic E-state index is 0.175. The zero-order valence-electron chi connectivity index (χ0n) is 9.58. The van der Waals surface area contributed by atoms with E-state index in [1.807, 2.05) is 18.2 Å². The fourth-order valence-electron chi connectivity index (χ4n) is 2.32. The van der Waals surface area contributed by atoms with Crippen molar-refractivity contribution in [3.05, 3.63) is 23.8 Å². The molecule has 1 aromatic carbocycles. The van der Waals surface area contributed by atoms with Crippen molar-refractivity contribution < 1.29 is 5.11 Å². The monoisotopic (exact) mass is 220 g/mol. The molecule has 2 rings (SSSR count). The van der Waals surface area contributed by atoms with E-state index in [1.165, 1.54) is 25.7 Å². The molecular weight excluding hydrogens is 200 g/mol. The van der Waals surface area contributed by atoms with Crippen LogP contribution < -0.4 is 11.1 Å². The van der Waals surface area contributed by atoms with E-state index in [4.69, 9.17) is 10.8 Å². The molecule has 0 bridgehead atoms. The summed E-state index contributed by atoms with van der Waals surface area (Å²) in [6, 6.07) is 6.60. The molecule has 0 amide bonds. The molecule has 16 heavy (non-hydrogen) atoms. The van der Waals surface area contributed by atoms with Crippen molar-refractivity contribution in [2.45, 2.75) is 38.1 Å². The van der Waals surface area contributed by atoms with E-state index in [2.05, 4.69) is 5.32 Å². The molecule has 0 aromatic heterocycles. The maximum absolute atomic E-state index is 8.85. The number of hydrogen-bond donors (Lipinski definition) is 3. The number of nitrogens with two attached hydrogens (primary N) is 1. The molecule has 1 saturated carbocycles. The Hall–Kier alpha value is -1.22. The van der Waals surface area contributed by atoms with Crippen LogP contribution in [0.25, 0.3) is 0 Å². The Bertz CT molecular complexity index is 346. The van der Waals surface area contributed by atoms with Gasteiger partial charge in [-0.1, -0.05) is 18.9 Å². The van der Waals surface area contributed by atoms with Crippen molar-refractivity contribution in [1.82, 2.24) is 0 Å². The molecule has 0 spiro atoms. The molecule has 88 valence electrons. The highest BCUT2D eigenvalue weighted by Gasteiger charge is 2.15. The van der Waals surface area contributed by atoms with E-state index in [0.717, 1.165) is 16.9 Å². The highest BCUT2D eigenvalue weighted by Crippen LogP contribution is 2.26. The molecule has 4 N–H and O–H groups in total. The lowest BCUT2D eigenvalue weighted by Gasteiger charge is -2.16. The average Bonchev–Trinajstić information content (AvgIpc) is 2.75. The zero-order chi connectivity index (χ0) is 11.4. The number of hydrogen-bond acceptors (Lipinski definition) is 3. The minimum absolute atomic E-state index is 0.175. The lowest BCUT2D eigenvalue weighted by molar-refractivity contribution is 0.299. The van der Waals surface area contributed by atoms with Crippen LogP contribution >= 0.6 is 0 Å². The number of nitrogen functional groups attached to an aromatic ring is 1. The average molecular weight is 220 g/mol. The molecule has 0 unspecified atom stereocenters. The molecule has 0 aliphatic heterocycles. The van der Waals surface area contributed by atoms with Crippen molar-refractivity contribution in [1.29, 1.82) is 0 Å². The fourth-order valence-corrected chi connectivity index (χ4v) is 2.32. The van der Waals surface area contributed by atoms with Crippen molar-refractivity contribution in [3.8, 4) is 0 Å². The fraction of sp³-hybridized carbons (Fsp3) is 0.538. The van der Waals surface area contributed by atoms with Gasteiger partial charge in [-0.2, -0.15) is 0 Å². The van der Waals surface area contributed by atoms with Crippen molar-refractivity contribution >= 4 is 11.4 Å². The van der Waals surface area contributed by atoms with Crippen LogP contribution in [0.1, 0.15) is 31.2 Å². The van der Waals surface area contributed by atoms with Crippen molar-refractivity contribution in [2.75, 3.05) is 17.7 Å². The van der Waals surface area contributed by atoms with Gasteiger partial charge >= 0.3 is 0 Å². The number of rotatable bonds is 4. The highest BCUT2D eigenvalue weighted by atomic mass is 16.2. The third kappa shape index (κ3) is 2.67.